The smallest absolute Gasteiger partial charge is 0.343 e. The van der Waals surface area contributed by atoms with E-state index in [4.69, 9.17) is 11.6 Å². The fourth-order valence-corrected chi connectivity index (χ4v) is 11.1. The number of amides is 11. The average molecular weight is 1300 g/mol. The summed E-state index contributed by atoms with van der Waals surface area (Å²) < 4.78 is 41.3. The first kappa shape index (κ1) is 76.1. The number of fused-ring (bicyclic) bond motifs is 1. The standard InChI is InChI=1S/C65H97ClF3N11O11/c1-19-39(7)54-62(90)77(16)42(10)57(85)80-29-28-50(80)61(89)78(17)51(34-44-22-20-38(6)21-23-44)60(88)74(13)35-52(81)70-47(27-25-43-24-26-45(46(66)33-43)65(67,68)69)56(84)71-49(31-37(4)5)59(87)79(18)64(11,12)63(91)72-48(30-36(2)3)58(86)75(14)40(8)32-53(82)76(15)41(9)55(83)73-54/h20-24,26,33,36-37,39-42,47-51,54H,19,25,27-32,34-35H2,1-18H3,(H,70,81)(H,71,84)(H,72,91)(H,73,83)/t39-,40+,41-,42-,47-,48-,49-,50?,51-,54-/m0/s1. The van der Waals surface area contributed by atoms with Crippen LogP contribution in [0.2, 0.25) is 5.02 Å². The molecule has 0 spiro atoms. The summed E-state index contributed by atoms with van der Waals surface area (Å²) >= 11 is 6.09. The van der Waals surface area contributed by atoms with Gasteiger partial charge < -0.3 is 55.6 Å². The van der Waals surface area contributed by atoms with E-state index < -0.39 is 154 Å². The second-order valence-electron chi connectivity index (χ2n) is 26.1. The van der Waals surface area contributed by atoms with E-state index in [1.807, 2.05) is 39.8 Å². The van der Waals surface area contributed by atoms with Gasteiger partial charge in [0.1, 0.15) is 53.9 Å². The Morgan fingerprint density at radius 3 is 1.74 bits per heavy atom. The van der Waals surface area contributed by atoms with Crippen LogP contribution in [0.1, 0.15) is 137 Å². The summed E-state index contributed by atoms with van der Waals surface area (Å²) in [5.41, 5.74) is -0.958. The Morgan fingerprint density at radius 2 is 1.21 bits per heavy atom. The van der Waals surface area contributed by atoms with E-state index in [1.54, 1.807) is 39.8 Å². The quantitative estimate of drug-likeness (QED) is 0.233. The van der Waals surface area contributed by atoms with Crippen molar-refractivity contribution in [3.63, 3.8) is 0 Å². The molecule has 2 heterocycles. The molecule has 2 fully saturated rings. The van der Waals surface area contributed by atoms with E-state index in [9.17, 15) is 65.9 Å². The summed E-state index contributed by atoms with van der Waals surface area (Å²) in [6.45, 7) is 19.7. The highest BCUT2D eigenvalue weighted by Gasteiger charge is 2.46. The highest BCUT2D eigenvalue weighted by Crippen LogP contribution is 2.35. The molecule has 4 rings (SSSR count). The minimum absolute atomic E-state index is 0.0171. The zero-order valence-electron chi connectivity index (χ0n) is 56.2. The van der Waals surface area contributed by atoms with Crippen LogP contribution in [0.4, 0.5) is 13.2 Å². The van der Waals surface area contributed by atoms with E-state index in [0.717, 1.165) is 27.5 Å². The zero-order valence-corrected chi connectivity index (χ0v) is 56.9. The SMILES string of the molecule is CC[C@H](C)[C@@H]1NC(=O)[C@H](C)N(C)C(=O)C[C@@H](C)N(C)C(=O)[C@H](CC(C)C)NC(=O)C(C)(C)N(C)C(=O)[C@H](CC(C)C)NC(=O)[C@H](CCc2ccc(C(F)(F)F)c(Cl)c2)NC(=O)CN(C)C(=O)[C@H](Cc2ccc(C)cc2)N(C)C(=O)C2CCN2C(=O)[C@H](C)N(C)C1=O. The average Bonchev–Trinajstić information content (AvgIpc) is 0.906. The van der Waals surface area contributed by atoms with Gasteiger partial charge in [-0.25, -0.2) is 0 Å². The van der Waals surface area contributed by atoms with Crippen LogP contribution in [0.5, 0.6) is 0 Å². The van der Waals surface area contributed by atoms with Crippen LogP contribution >= 0.6 is 11.6 Å². The Morgan fingerprint density at radius 1 is 0.637 bits per heavy atom. The van der Waals surface area contributed by atoms with Gasteiger partial charge in [-0.15, -0.1) is 0 Å². The molecule has 0 aromatic heterocycles. The first-order valence-corrected chi connectivity index (χ1v) is 31.5. The van der Waals surface area contributed by atoms with Gasteiger partial charge >= 0.3 is 6.18 Å². The zero-order chi connectivity index (χ0) is 69.1. The van der Waals surface area contributed by atoms with E-state index in [-0.39, 0.29) is 68.9 Å². The molecular formula is C65H97ClF3N11O11. The molecule has 10 atom stereocenters. The number of benzene rings is 2. The number of nitrogens with zero attached hydrogens (tertiary/aromatic N) is 7. The maximum absolute atomic E-state index is 14.8. The van der Waals surface area contributed by atoms with Crippen molar-refractivity contribution >= 4 is 76.6 Å². The molecule has 11 amide bonds. The van der Waals surface area contributed by atoms with E-state index >= 15 is 0 Å². The summed E-state index contributed by atoms with van der Waals surface area (Å²) in [4.78, 5) is 168. The number of aryl methyl sites for hydroxylation is 2. The molecule has 0 radical (unpaired) electrons. The van der Waals surface area contributed by atoms with Crippen LogP contribution in [-0.4, -0.2) is 215 Å². The van der Waals surface area contributed by atoms with Gasteiger partial charge in [0, 0.05) is 67.7 Å². The number of likely N-dealkylation sites (N-methyl/N-ethyl adjacent to an activating group) is 6. The van der Waals surface area contributed by atoms with Gasteiger partial charge in [0.2, 0.25) is 65.0 Å². The molecule has 0 aliphatic carbocycles. The van der Waals surface area contributed by atoms with Gasteiger partial charge in [-0.1, -0.05) is 95.5 Å². The summed E-state index contributed by atoms with van der Waals surface area (Å²) in [6.07, 6.45) is -4.65. The van der Waals surface area contributed by atoms with E-state index in [2.05, 4.69) is 21.3 Å². The third-order valence-corrected chi connectivity index (χ3v) is 18.3. The molecule has 1 unspecified atom stereocenters. The molecule has 506 valence electrons. The number of nitrogens with one attached hydrogen (secondary N) is 4. The number of rotatable bonds is 11. The topological polar surface area (TPSA) is 259 Å². The maximum atomic E-state index is 14.8. The van der Waals surface area contributed by atoms with Crippen LogP contribution in [-0.2, 0) is 71.8 Å². The summed E-state index contributed by atoms with van der Waals surface area (Å²) in [5.74, 6) is -8.35. The molecule has 2 aliphatic heterocycles. The predicted octanol–water partition coefficient (Wildman–Crippen LogP) is 4.99. The Hall–Kier alpha value is -7.31. The first-order chi connectivity index (χ1) is 42.2. The van der Waals surface area contributed by atoms with Crippen LogP contribution in [0.25, 0.3) is 0 Å². The molecule has 2 aliphatic rings. The van der Waals surface area contributed by atoms with Gasteiger partial charge in [-0.05, 0) is 115 Å². The summed E-state index contributed by atoms with van der Waals surface area (Å²) in [5, 5.41) is 10.4. The van der Waals surface area contributed by atoms with Crippen molar-refractivity contribution in [2.75, 3.05) is 55.4 Å². The second kappa shape index (κ2) is 32.3. The van der Waals surface area contributed by atoms with Gasteiger partial charge in [0.25, 0.3) is 0 Å². The molecule has 0 saturated carbocycles. The predicted molar refractivity (Wildman–Crippen MR) is 338 cm³/mol. The number of alkyl halides is 3. The number of hydrogen-bond donors (Lipinski definition) is 4. The number of carbonyl (C=O) groups is 11. The lowest BCUT2D eigenvalue weighted by Crippen LogP contribution is -2.65. The van der Waals surface area contributed by atoms with Gasteiger partial charge in [-0.3, -0.25) is 52.7 Å². The largest absolute Gasteiger partial charge is 0.417 e. The Balaban J connectivity index is 1.84. The van der Waals surface area contributed by atoms with Gasteiger partial charge in [0.05, 0.1) is 17.1 Å². The second-order valence-corrected chi connectivity index (χ2v) is 26.5. The fraction of sp³-hybridized carbons (Fsp3) is 0.646. The number of hydrogen-bond acceptors (Lipinski definition) is 11. The Kier molecular flexibility index (Phi) is 27.0. The summed E-state index contributed by atoms with van der Waals surface area (Å²) in [6, 6.07) is -0.271. The first-order valence-electron chi connectivity index (χ1n) is 31.2. The Bertz CT molecular complexity index is 2980. The number of halogens is 4. The van der Waals surface area contributed by atoms with Crippen molar-refractivity contribution in [1.82, 2.24) is 55.6 Å². The molecule has 26 heteroatoms. The highest BCUT2D eigenvalue weighted by molar-refractivity contribution is 6.31. The van der Waals surface area contributed by atoms with Crippen molar-refractivity contribution in [3.05, 3.63) is 69.7 Å². The van der Waals surface area contributed by atoms with E-state index in [0.29, 0.717) is 12.0 Å². The van der Waals surface area contributed by atoms with Crippen molar-refractivity contribution in [3.8, 4) is 0 Å². The van der Waals surface area contributed by atoms with E-state index in [1.165, 1.54) is 101 Å². The lowest BCUT2D eigenvalue weighted by Gasteiger charge is -2.45. The lowest BCUT2D eigenvalue weighted by molar-refractivity contribution is -0.160. The van der Waals surface area contributed by atoms with Crippen LogP contribution < -0.4 is 21.3 Å². The van der Waals surface area contributed by atoms with Crippen molar-refractivity contribution in [2.45, 2.75) is 201 Å². The van der Waals surface area contributed by atoms with Gasteiger partial charge in [-0.2, -0.15) is 13.2 Å². The minimum Gasteiger partial charge on any atom is -0.343 e. The van der Waals surface area contributed by atoms with Crippen molar-refractivity contribution < 1.29 is 65.9 Å². The number of carbonyl (C=O) groups excluding carboxylic acids is 11. The molecule has 0 bridgehead atoms. The molecule has 22 nitrogen and oxygen atoms in total. The molecule has 2 saturated heterocycles. The molecule has 4 N–H and O–H groups in total. The molecular weight excluding hydrogens is 1200 g/mol. The molecule has 2 aromatic carbocycles. The minimum atomic E-state index is -4.77. The molecule has 2 aromatic rings. The maximum Gasteiger partial charge on any atom is 0.417 e. The lowest BCUT2D eigenvalue weighted by atomic mass is 9.95. The van der Waals surface area contributed by atoms with Gasteiger partial charge in [0.15, 0.2) is 0 Å². The summed E-state index contributed by atoms with van der Waals surface area (Å²) in [7, 11) is 8.39. The highest BCUT2D eigenvalue weighted by atomic mass is 35.5. The fourth-order valence-electron chi connectivity index (χ4n) is 10.8. The third kappa shape index (κ3) is 19.6. The Labute approximate surface area is 539 Å². The normalized spacial score (nSPS) is 25.7. The van der Waals surface area contributed by atoms with Crippen LogP contribution in [0.15, 0.2) is 42.5 Å². The van der Waals surface area contributed by atoms with Crippen LogP contribution in [0.3, 0.4) is 0 Å². The monoisotopic (exact) mass is 1300 g/mol. The third-order valence-electron chi connectivity index (χ3n) is 18.0. The van der Waals surface area contributed by atoms with Crippen molar-refractivity contribution in [2.24, 2.45) is 17.8 Å². The van der Waals surface area contributed by atoms with Crippen LogP contribution in [0, 0.1) is 24.7 Å². The van der Waals surface area contributed by atoms with Crippen molar-refractivity contribution in [1.29, 1.82) is 0 Å². The molecule has 91 heavy (non-hydrogen) atoms.